The van der Waals surface area contributed by atoms with E-state index < -0.39 is 0 Å². The van der Waals surface area contributed by atoms with E-state index in [1.807, 2.05) is 0 Å². The zero-order valence-corrected chi connectivity index (χ0v) is 9.04. The first-order chi connectivity index (χ1) is 7.36. The maximum atomic E-state index is 6.28. The summed E-state index contributed by atoms with van der Waals surface area (Å²) in [6.07, 6.45) is 1.05. The molecule has 1 aliphatic carbocycles. The van der Waals surface area contributed by atoms with Gasteiger partial charge in [0, 0.05) is 10.9 Å². The average Bonchev–Trinajstić information content (AvgIpc) is 2.51. The highest BCUT2D eigenvalue weighted by Crippen LogP contribution is 2.41. The molecule has 0 aliphatic heterocycles. The number of benzene rings is 2. The average molecular weight is 215 g/mol. The lowest BCUT2D eigenvalue weighted by molar-refractivity contribution is 0.852. The van der Waals surface area contributed by atoms with Gasteiger partial charge >= 0.3 is 0 Å². The Morgan fingerprint density at radius 3 is 2.47 bits per heavy atom. The molecule has 74 valence electrons. The van der Waals surface area contributed by atoms with Crippen molar-refractivity contribution in [3.05, 3.63) is 70.2 Å². The van der Waals surface area contributed by atoms with Crippen LogP contribution in [0.25, 0.3) is 0 Å². The summed E-state index contributed by atoms with van der Waals surface area (Å²) in [5.74, 6) is 0.462. The van der Waals surface area contributed by atoms with Crippen LogP contribution >= 0.6 is 11.6 Å². The SMILES string of the molecule is Clc1c2cccc1C(c1ccccc1)C2. The van der Waals surface area contributed by atoms with E-state index in [2.05, 4.69) is 48.5 Å². The summed E-state index contributed by atoms with van der Waals surface area (Å²) in [5.41, 5.74) is 3.92. The van der Waals surface area contributed by atoms with Crippen LogP contribution in [-0.4, -0.2) is 0 Å². The van der Waals surface area contributed by atoms with Gasteiger partial charge in [-0.3, -0.25) is 0 Å². The molecule has 0 amide bonds. The van der Waals surface area contributed by atoms with Crippen molar-refractivity contribution in [1.82, 2.24) is 0 Å². The highest BCUT2D eigenvalue weighted by molar-refractivity contribution is 6.32. The molecule has 0 N–H and O–H groups in total. The molecule has 2 aromatic rings. The van der Waals surface area contributed by atoms with E-state index in [4.69, 9.17) is 11.6 Å². The second-order valence-corrected chi connectivity index (χ2v) is 4.37. The van der Waals surface area contributed by atoms with E-state index >= 15 is 0 Å². The van der Waals surface area contributed by atoms with E-state index in [0.29, 0.717) is 5.92 Å². The fourth-order valence-electron chi connectivity index (χ4n) is 2.34. The predicted octanol–water partition coefficient (Wildman–Crippen LogP) is 4.03. The molecule has 0 heterocycles. The Morgan fingerprint density at radius 1 is 0.933 bits per heavy atom. The van der Waals surface area contributed by atoms with Crippen molar-refractivity contribution in [3.63, 3.8) is 0 Å². The molecule has 0 nitrogen and oxygen atoms in total. The molecule has 2 bridgehead atoms. The van der Waals surface area contributed by atoms with E-state index in [9.17, 15) is 0 Å². The van der Waals surface area contributed by atoms with Crippen LogP contribution in [0, 0.1) is 0 Å². The third kappa shape index (κ3) is 1.37. The van der Waals surface area contributed by atoms with Crippen LogP contribution in [0.2, 0.25) is 5.02 Å². The van der Waals surface area contributed by atoms with Gasteiger partial charge in [0.1, 0.15) is 0 Å². The lowest BCUT2D eigenvalue weighted by atomic mass is 9.94. The maximum Gasteiger partial charge on any atom is 0.0476 e. The molecule has 1 heteroatoms. The van der Waals surface area contributed by atoms with Crippen molar-refractivity contribution in [2.45, 2.75) is 12.3 Å². The predicted molar refractivity (Wildman–Crippen MR) is 63.4 cm³/mol. The summed E-state index contributed by atoms with van der Waals surface area (Å²) in [6.45, 7) is 0. The van der Waals surface area contributed by atoms with E-state index in [0.717, 1.165) is 11.4 Å². The van der Waals surface area contributed by atoms with Crippen molar-refractivity contribution >= 4 is 11.6 Å². The quantitative estimate of drug-likeness (QED) is 0.673. The molecular weight excluding hydrogens is 204 g/mol. The minimum Gasteiger partial charge on any atom is -0.0837 e. The summed E-state index contributed by atoms with van der Waals surface area (Å²) < 4.78 is 0. The fourth-order valence-corrected chi connectivity index (χ4v) is 2.67. The van der Waals surface area contributed by atoms with E-state index in [1.165, 1.54) is 16.7 Å². The summed E-state index contributed by atoms with van der Waals surface area (Å²) in [7, 11) is 0. The molecule has 0 spiro atoms. The van der Waals surface area contributed by atoms with Crippen molar-refractivity contribution in [3.8, 4) is 0 Å². The normalized spacial score (nSPS) is 18.1. The van der Waals surface area contributed by atoms with Crippen LogP contribution in [0.1, 0.15) is 22.6 Å². The van der Waals surface area contributed by atoms with Crippen molar-refractivity contribution in [1.29, 1.82) is 0 Å². The standard InChI is InChI=1S/C14H11Cl/c15-14-11-7-4-8-12(14)13(9-11)10-5-2-1-3-6-10/h1-8,13H,9H2. The third-order valence-corrected chi connectivity index (χ3v) is 3.57. The molecule has 1 unspecified atom stereocenters. The monoisotopic (exact) mass is 214 g/mol. The minimum atomic E-state index is 0.462. The molecule has 1 aliphatic rings. The van der Waals surface area contributed by atoms with Gasteiger partial charge < -0.3 is 0 Å². The summed E-state index contributed by atoms with van der Waals surface area (Å²) in [4.78, 5) is 0. The van der Waals surface area contributed by atoms with Gasteiger partial charge in [-0.1, -0.05) is 60.1 Å². The number of halogens is 1. The number of fused-ring (bicyclic) bond motifs is 2. The molecule has 0 radical (unpaired) electrons. The third-order valence-electron chi connectivity index (χ3n) is 3.11. The Hall–Kier alpha value is -1.27. The molecule has 1 atom stereocenters. The molecule has 3 rings (SSSR count). The summed E-state index contributed by atoms with van der Waals surface area (Å²) >= 11 is 6.28. The summed E-state index contributed by atoms with van der Waals surface area (Å²) in [5, 5.41) is 0.964. The number of rotatable bonds is 1. The molecule has 0 saturated heterocycles. The highest BCUT2D eigenvalue weighted by atomic mass is 35.5. The Bertz CT molecular complexity index is 488. The maximum absolute atomic E-state index is 6.28. The largest absolute Gasteiger partial charge is 0.0837 e. The zero-order chi connectivity index (χ0) is 10.3. The molecular formula is C14H11Cl. The zero-order valence-electron chi connectivity index (χ0n) is 8.28. The number of hydrogen-bond donors (Lipinski definition) is 0. The van der Waals surface area contributed by atoms with Crippen LogP contribution < -0.4 is 0 Å². The van der Waals surface area contributed by atoms with Gasteiger partial charge in [0.05, 0.1) is 0 Å². The lowest BCUT2D eigenvalue weighted by Gasteiger charge is -2.10. The van der Waals surface area contributed by atoms with Gasteiger partial charge in [0.25, 0.3) is 0 Å². The highest BCUT2D eigenvalue weighted by Gasteiger charge is 2.25. The molecule has 0 fully saturated rings. The van der Waals surface area contributed by atoms with Gasteiger partial charge in [-0.05, 0) is 23.1 Å². The molecule has 0 aromatic heterocycles. The van der Waals surface area contributed by atoms with Crippen molar-refractivity contribution < 1.29 is 0 Å². The van der Waals surface area contributed by atoms with E-state index in [1.54, 1.807) is 0 Å². The van der Waals surface area contributed by atoms with Gasteiger partial charge in [0.15, 0.2) is 0 Å². The van der Waals surface area contributed by atoms with Gasteiger partial charge in [-0.15, -0.1) is 0 Å². The van der Waals surface area contributed by atoms with Crippen LogP contribution in [-0.2, 0) is 6.42 Å². The second kappa shape index (κ2) is 3.39. The van der Waals surface area contributed by atoms with E-state index in [-0.39, 0.29) is 0 Å². The Balaban J connectivity index is 2.08. The van der Waals surface area contributed by atoms with Crippen LogP contribution in [0.3, 0.4) is 0 Å². The van der Waals surface area contributed by atoms with Gasteiger partial charge in [-0.2, -0.15) is 0 Å². The van der Waals surface area contributed by atoms with Crippen molar-refractivity contribution in [2.75, 3.05) is 0 Å². The summed E-state index contributed by atoms with van der Waals surface area (Å²) in [6, 6.07) is 16.9. The first-order valence-corrected chi connectivity index (χ1v) is 5.56. The van der Waals surface area contributed by atoms with Gasteiger partial charge in [-0.25, -0.2) is 0 Å². The first-order valence-electron chi connectivity index (χ1n) is 5.18. The Labute approximate surface area is 94.5 Å². The van der Waals surface area contributed by atoms with Gasteiger partial charge in [0.2, 0.25) is 0 Å². The molecule has 15 heavy (non-hydrogen) atoms. The minimum absolute atomic E-state index is 0.462. The Morgan fingerprint density at radius 2 is 1.73 bits per heavy atom. The number of hydrogen-bond acceptors (Lipinski definition) is 0. The topological polar surface area (TPSA) is 0 Å². The second-order valence-electron chi connectivity index (χ2n) is 3.99. The fraction of sp³-hybridized carbons (Fsp3) is 0.143. The first kappa shape index (κ1) is 8.99. The molecule has 2 aromatic carbocycles. The van der Waals surface area contributed by atoms with Crippen LogP contribution in [0.5, 0.6) is 0 Å². The smallest absolute Gasteiger partial charge is 0.0476 e. The lowest BCUT2D eigenvalue weighted by Crippen LogP contribution is -1.96. The van der Waals surface area contributed by atoms with Crippen LogP contribution in [0.15, 0.2) is 48.5 Å². The van der Waals surface area contributed by atoms with Crippen LogP contribution in [0.4, 0.5) is 0 Å². The molecule has 0 saturated carbocycles. The van der Waals surface area contributed by atoms with Crippen molar-refractivity contribution in [2.24, 2.45) is 0 Å². The Kier molecular flexibility index (Phi) is 2.03.